The molecule has 2 heterocycles. The normalized spacial score (nSPS) is 12.2. The Hall–Kier alpha value is -3.38. The molecule has 0 aliphatic heterocycles. The van der Waals surface area contributed by atoms with Crippen LogP contribution in [-0.2, 0) is 0 Å². The molecule has 3 N–H and O–H groups in total. The van der Waals surface area contributed by atoms with E-state index >= 15 is 0 Å². The van der Waals surface area contributed by atoms with Crippen molar-refractivity contribution < 1.29 is 10.2 Å². The van der Waals surface area contributed by atoms with Crippen LogP contribution in [0, 0.1) is 6.92 Å². The summed E-state index contributed by atoms with van der Waals surface area (Å²) in [4.78, 5) is 4.69. The van der Waals surface area contributed by atoms with Crippen LogP contribution in [-0.4, -0.2) is 31.4 Å². The van der Waals surface area contributed by atoms with Crippen molar-refractivity contribution in [1.82, 2.24) is 14.6 Å². The summed E-state index contributed by atoms with van der Waals surface area (Å²) in [5, 5.41) is 27.6. The molecule has 0 fully saturated rings. The number of anilines is 1. The van der Waals surface area contributed by atoms with E-state index in [2.05, 4.69) is 10.4 Å². The lowest BCUT2D eigenvalue weighted by Crippen LogP contribution is -2.15. The van der Waals surface area contributed by atoms with E-state index in [0.717, 1.165) is 34.0 Å². The van der Waals surface area contributed by atoms with Gasteiger partial charge in [-0.3, -0.25) is 0 Å². The van der Waals surface area contributed by atoms with Crippen LogP contribution in [0.4, 0.5) is 5.82 Å². The molecule has 2 aromatic carbocycles. The predicted molar refractivity (Wildman–Crippen MR) is 105 cm³/mol. The molecule has 0 saturated heterocycles. The zero-order chi connectivity index (χ0) is 18.8. The Bertz CT molecular complexity index is 1060. The van der Waals surface area contributed by atoms with Gasteiger partial charge in [0, 0.05) is 24.2 Å². The van der Waals surface area contributed by atoms with Gasteiger partial charge in [-0.1, -0.05) is 42.5 Å². The molecule has 6 nitrogen and oxygen atoms in total. The number of fused-ring (bicyclic) bond motifs is 1. The fourth-order valence-electron chi connectivity index (χ4n) is 2.99. The number of benzene rings is 2. The summed E-state index contributed by atoms with van der Waals surface area (Å²) in [7, 11) is 0. The van der Waals surface area contributed by atoms with E-state index in [0.29, 0.717) is 6.54 Å². The standard InChI is InChI=1S/C21H20N4O2/c1-14-11-21-23-18(15-5-3-2-4-6-15)12-20(25(21)24-14)22-13-19(27)16-7-9-17(26)10-8-16/h2-12,19,22,26-27H,13H2,1H3/t19-/m0/s1. The van der Waals surface area contributed by atoms with Crippen LogP contribution < -0.4 is 5.32 Å². The highest BCUT2D eigenvalue weighted by Crippen LogP contribution is 2.24. The molecular weight excluding hydrogens is 340 g/mol. The minimum absolute atomic E-state index is 0.175. The van der Waals surface area contributed by atoms with Gasteiger partial charge in [-0.2, -0.15) is 9.61 Å². The minimum Gasteiger partial charge on any atom is -0.508 e. The molecular formula is C21H20N4O2. The third-order valence-corrected chi connectivity index (χ3v) is 4.37. The quantitative estimate of drug-likeness (QED) is 0.507. The first-order chi connectivity index (χ1) is 13.1. The maximum Gasteiger partial charge on any atom is 0.158 e. The van der Waals surface area contributed by atoms with Crippen LogP contribution in [0.15, 0.2) is 66.7 Å². The molecule has 4 rings (SSSR count). The summed E-state index contributed by atoms with van der Waals surface area (Å²) in [5.74, 6) is 0.930. The number of phenols is 1. The van der Waals surface area contributed by atoms with E-state index in [4.69, 9.17) is 4.98 Å². The van der Waals surface area contributed by atoms with Gasteiger partial charge in [0.1, 0.15) is 11.6 Å². The Balaban J connectivity index is 1.64. The van der Waals surface area contributed by atoms with Crippen LogP contribution >= 0.6 is 0 Å². The highest BCUT2D eigenvalue weighted by atomic mass is 16.3. The number of nitrogens with zero attached hydrogens (tertiary/aromatic N) is 3. The van der Waals surface area contributed by atoms with Gasteiger partial charge in [0.2, 0.25) is 0 Å². The van der Waals surface area contributed by atoms with Crippen molar-refractivity contribution in [2.45, 2.75) is 13.0 Å². The summed E-state index contributed by atoms with van der Waals surface area (Å²) in [6, 6.07) is 20.3. The number of nitrogens with one attached hydrogen (secondary N) is 1. The number of aromatic hydroxyl groups is 1. The van der Waals surface area contributed by atoms with Gasteiger partial charge < -0.3 is 15.5 Å². The maximum absolute atomic E-state index is 10.4. The Labute approximate surface area is 156 Å². The lowest BCUT2D eigenvalue weighted by molar-refractivity contribution is 0.191. The van der Waals surface area contributed by atoms with Crippen molar-refractivity contribution in [2.75, 3.05) is 11.9 Å². The second kappa shape index (κ2) is 7.09. The Morgan fingerprint density at radius 1 is 1.04 bits per heavy atom. The molecule has 0 amide bonds. The number of hydrogen-bond acceptors (Lipinski definition) is 5. The van der Waals surface area contributed by atoms with E-state index < -0.39 is 6.10 Å². The molecule has 0 aliphatic rings. The number of aliphatic hydroxyl groups is 1. The van der Waals surface area contributed by atoms with Crippen molar-refractivity contribution in [1.29, 1.82) is 0 Å². The van der Waals surface area contributed by atoms with E-state index in [1.165, 1.54) is 0 Å². The van der Waals surface area contributed by atoms with Crippen LogP contribution in [0.5, 0.6) is 5.75 Å². The van der Waals surface area contributed by atoms with Crippen molar-refractivity contribution in [3.8, 4) is 17.0 Å². The molecule has 0 spiro atoms. The predicted octanol–water partition coefficient (Wildman–Crippen LogP) is 3.56. The van der Waals surface area contributed by atoms with Gasteiger partial charge in [0.05, 0.1) is 17.5 Å². The summed E-state index contributed by atoms with van der Waals surface area (Å²) in [6.45, 7) is 2.23. The molecule has 6 heteroatoms. The topological polar surface area (TPSA) is 82.7 Å². The van der Waals surface area contributed by atoms with Gasteiger partial charge in [0.25, 0.3) is 0 Å². The van der Waals surface area contributed by atoms with Gasteiger partial charge in [-0.15, -0.1) is 0 Å². The van der Waals surface area contributed by atoms with Crippen molar-refractivity contribution in [3.63, 3.8) is 0 Å². The van der Waals surface area contributed by atoms with Gasteiger partial charge in [-0.05, 0) is 24.6 Å². The highest BCUT2D eigenvalue weighted by Gasteiger charge is 2.12. The van der Waals surface area contributed by atoms with Gasteiger partial charge in [0.15, 0.2) is 5.65 Å². The second-order valence-corrected chi connectivity index (χ2v) is 6.44. The fraction of sp³-hybridized carbons (Fsp3) is 0.143. The first-order valence-electron chi connectivity index (χ1n) is 8.74. The maximum atomic E-state index is 10.4. The molecule has 0 bridgehead atoms. The molecule has 0 aliphatic carbocycles. The first kappa shape index (κ1) is 17.1. The lowest BCUT2D eigenvalue weighted by Gasteiger charge is -2.15. The molecule has 0 unspecified atom stereocenters. The lowest BCUT2D eigenvalue weighted by atomic mass is 10.1. The van der Waals surface area contributed by atoms with E-state index in [9.17, 15) is 10.2 Å². The Kier molecular flexibility index (Phi) is 4.48. The average Bonchev–Trinajstić information content (AvgIpc) is 3.07. The van der Waals surface area contributed by atoms with E-state index in [1.54, 1.807) is 28.8 Å². The Morgan fingerprint density at radius 3 is 2.52 bits per heavy atom. The zero-order valence-electron chi connectivity index (χ0n) is 14.9. The largest absolute Gasteiger partial charge is 0.508 e. The zero-order valence-corrected chi connectivity index (χ0v) is 14.9. The van der Waals surface area contributed by atoms with Crippen LogP contribution in [0.1, 0.15) is 17.4 Å². The smallest absolute Gasteiger partial charge is 0.158 e. The monoisotopic (exact) mass is 360 g/mol. The number of phenolic OH excluding ortho intramolecular Hbond substituents is 1. The third-order valence-electron chi connectivity index (χ3n) is 4.37. The molecule has 0 saturated carbocycles. The first-order valence-corrected chi connectivity index (χ1v) is 8.74. The minimum atomic E-state index is -0.717. The van der Waals surface area contributed by atoms with Crippen molar-refractivity contribution in [3.05, 3.63) is 78.0 Å². The van der Waals surface area contributed by atoms with E-state index in [1.807, 2.05) is 49.4 Å². The Morgan fingerprint density at radius 2 is 1.78 bits per heavy atom. The van der Waals surface area contributed by atoms with Crippen molar-refractivity contribution >= 4 is 11.5 Å². The average molecular weight is 360 g/mol. The van der Waals surface area contributed by atoms with Crippen molar-refractivity contribution in [2.24, 2.45) is 0 Å². The highest BCUT2D eigenvalue weighted by molar-refractivity contribution is 5.66. The SMILES string of the molecule is Cc1cc2nc(-c3ccccc3)cc(NC[C@H](O)c3ccc(O)cc3)n2n1. The number of aromatic nitrogens is 3. The van der Waals surface area contributed by atoms with Gasteiger partial charge >= 0.3 is 0 Å². The summed E-state index contributed by atoms with van der Waals surface area (Å²) in [5.41, 5.74) is 4.20. The van der Waals surface area contributed by atoms with E-state index in [-0.39, 0.29) is 5.75 Å². The molecule has 27 heavy (non-hydrogen) atoms. The molecule has 1 atom stereocenters. The second-order valence-electron chi connectivity index (χ2n) is 6.44. The number of rotatable bonds is 5. The molecule has 0 radical (unpaired) electrons. The summed E-state index contributed by atoms with van der Waals surface area (Å²) < 4.78 is 1.74. The molecule has 4 aromatic rings. The van der Waals surface area contributed by atoms with Gasteiger partial charge in [-0.25, -0.2) is 4.98 Å². The summed E-state index contributed by atoms with van der Waals surface area (Å²) >= 11 is 0. The molecule has 136 valence electrons. The number of aliphatic hydroxyl groups excluding tert-OH is 1. The van der Waals surface area contributed by atoms with Crippen LogP contribution in [0.2, 0.25) is 0 Å². The fourth-order valence-corrected chi connectivity index (χ4v) is 2.99. The summed E-state index contributed by atoms with van der Waals surface area (Å²) in [6.07, 6.45) is -0.717. The third kappa shape index (κ3) is 3.61. The molecule has 2 aromatic heterocycles. The van der Waals surface area contributed by atoms with Crippen LogP contribution in [0.3, 0.4) is 0 Å². The number of aryl methyl sites for hydroxylation is 1. The number of hydrogen-bond donors (Lipinski definition) is 3. The van der Waals surface area contributed by atoms with Crippen LogP contribution in [0.25, 0.3) is 16.9 Å².